The summed E-state index contributed by atoms with van der Waals surface area (Å²) in [5, 5.41) is 4.65. The van der Waals surface area contributed by atoms with Crippen LogP contribution in [0.2, 0.25) is 0 Å². The topological polar surface area (TPSA) is 75.7 Å². The molecule has 1 N–H and O–H groups in total. The van der Waals surface area contributed by atoms with Crippen molar-refractivity contribution in [3.8, 4) is 11.1 Å². The molecule has 160 valence electrons. The van der Waals surface area contributed by atoms with E-state index in [1.165, 1.54) is 23.3 Å². The molecular formula is C24H24N2O4S. The van der Waals surface area contributed by atoms with Gasteiger partial charge in [0.2, 0.25) is 5.91 Å². The predicted octanol–water partition coefficient (Wildman–Crippen LogP) is 4.29. The molecular weight excluding hydrogens is 412 g/mol. The Morgan fingerprint density at radius 2 is 1.65 bits per heavy atom. The number of aryl methyl sites for hydroxylation is 2. The zero-order chi connectivity index (χ0) is 22.4. The van der Waals surface area contributed by atoms with Crippen molar-refractivity contribution in [2.24, 2.45) is 0 Å². The number of para-hydroxylation sites is 1. The smallest absolute Gasteiger partial charge is 0.349 e. The van der Waals surface area contributed by atoms with E-state index in [1.807, 2.05) is 73.8 Å². The van der Waals surface area contributed by atoms with Gasteiger partial charge in [-0.15, -0.1) is 11.3 Å². The summed E-state index contributed by atoms with van der Waals surface area (Å²) in [5.41, 5.74) is 4.31. The molecule has 2 amide bonds. The Morgan fingerprint density at radius 1 is 0.968 bits per heavy atom. The molecule has 6 nitrogen and oxygen atoms in total. The molecule has 0 saturated heterocycles. The van der Waals surface area contributed by atoms with Crippen LogP contribution < -0.4 is 5.32 Å². The highest BCUT2D eigenvalue weighted by atomic mass is 32.1. The van der Waals surface area contributed by atoms with Crippen LogP contribution in [0.4, 0.5) is 5.69 Å². The second-order valence-corrected chi connectivity index (χ2v) is 8.09. The number of thiophene rings is 1. The molecule has 31 heavy (non-hydrogen) atoms. The van der Waals surface area contributed by atoms with Gasteiger partial charge in [0.15, 0.2) is 6.61 Å². The van der Waals surface area contributed by atoms with Gasteiger partial charge in [-0.3, -0.25) is 9.59 Å². The molecule has 0 bridgehead atoms. The van der Waals surface area contributed by atoms with Crippen molar-refractivity contribution in [2.75, 3.05) is 25.5 Å². The highest BCUT2D eigenvalue weighted by Crippen LogP contribution is 2.28. The molecule has 0 aliphatic rings. The van der Waals surface area contributed by atoms with Crippen LogP contribution in [0.1, 0.15) is 20.8 Å². The van der Waals surface area contributed by atoms with Crippen molar-refractivity contribution < 1.29 is 19.1 Å². The number of carbonyl (C=O) groups excluding carboxylic acids is 3. The number of amides is 2. The third kappa shape index (κ3) is 5.58. The van der Waals surface area contributed by atoms with Gasteiger partial charge in [0.25, 0.3) is 5.91 Å². The van der Waals surface area contributed by atoms with E-state index in [2.05, 4.69) is 5.32 Å². The zero-order valence-corrected chi connectivity index (χ0v) is 18.5. The molecule has 0 saturated carbocycles. The van der Waals surface area contributed by atoms with E-state index < -0.39 is 18.5 Å². The lowest BCUT2D eigenvalue weighted by molar-refractivity contribution is -0.136. The molecule has 0 aliphatic heterocycles. The number of ether oxygens (including phenoxy) is 1. The fraction of sp³-hybridized carbons (Fsp3) is 0.208. The van der Waals surface area contributed by atoms with Crippen LogP contribution in [0.5, 0.6) is 0 Å². The van der Waals surface area contributed by atoms with E-state index in [-0.39, 0.29) is 12.5 Å². The van der Waals surface area contributed by atoms with Gasteiger partial charge in [-0.2, -0.15) is 0 Å². The number of nitrogens with one attached hydrogen (secondary N) is 1. The number of carbonyl (C=O) groups is 3. The molecule has 3 aromatic rings. The van der Waals surface area contributed by atoms with Crippen LogP contribution in [-0.2, 0) is 14.3 Å². The minimum atomic E-state index is -0.560. The average Bonchev–Trinajstić information content (AvgIpc) is 3.25. The Balaban J connectivity index is 1.54. The van der Waals surface area contributed by atoms with Gasteiger partial charge in [-0.1, -0.05) is 48.5 Å². The van der Waals surface area contributed by atoms with Crippen LogP contribution >= 0.6 is 11.3 Å². The Morgan fingerprint density at radius 3 is 2.32 bits per heavy atom. The maximum absolute atomic E-state index is 12.5. The predicted molar refractivity (Wildman–Crippen MR) is 122 cm³/mol. The van der Waals surface area contributed by atoms with Crippen molar-refractivity contribution in [3.63, 3.8) is 0 Å². The quantitative estimate of drug-likeness (QED) is 0.561. The third-order valence-electron chi connectivity index (χ3n) is 4.81. The summed E-state index contributed by atoms with van der Waals surface area (Å²) in [6.45, 7) is 3.24. The van der Waals surface area contributed by atoms with Gasteiger partial charge in [-0.25, -0.2) is 4.79 Å². The lowest BCUT2D eigenvalue weighted by atomic mass is 10.1. The molecule has 3 rings (SSSR count). The number of anilines is 1. The van der Waals surface area contributed by atoms with Crippen molar-refractivity contribution in [1.82, 2.24) is 4.90 Å². The summed E-state index contributed by atoms with van der Waals surface area (Å²) in [6, 6.07) is 17.1. The van der Waals surface area contributed by atoms with Crippen LogP contribution in [0, 0.1) is 13.8 Å². The molecule has 0 fully saturated rings. The molecule has 0 unspecified atom stereocenters. The molecule has 0 aliphatic carbocycles. The van der Waals surface area contributed by atoms with E-state index in [4.69, 9.17) is 4.74 Å². The molecule has 2 aromatic carbocycles. The van der Waals surface area contributed by atoms with Crippen molar-refractivity contribution in [2.45, 2.75) is 13.8 Å². The first-order chi connectivity index (χ1) is 14.9. The summed E-state index contributed by atoms with van der Waals surface area (Å²) in [6.07, 6.45) is 0. The number of esters is 1. The molecule has 7 heteroatoms. The summed E-state index contributed by atoms with van der Waals surface area (Å²) in [7, 11) is 1.50. The number of nitrogens with zero attached hydrogens (tertiary/aromatic N) is 1. The van der Waals surface area contributed by atoms with Crippen LogP contribution in [-0.4, -0.2) is 42.9 Å². The second kappa shape index (κ2) is 10.0. The van der Waals surface area contributed by atoms with E-state index >= 15 is 0 Å². The van der Waals surface area contributed by atoms with Gasteiger partial charge in [0.05, 0.1) is 6.54 Å². The molecule has 1 aromatic heterocycles. The highest BCUT2D eigenvalue weighted by molar-refractivity contribution is 7.12. The minimum Gasteiger partial charge on any atom is -0.451 e. The molecule has 1 heterocycles. The second-order valence-electron chi connectivity index (χ2n) is 7.17. The Bertz CT molecular complexity index is 1070. The van der Waals surface area contributed by atoms with Crippen molar-refractivity contribution in [3.05, 3.63) is 76.0 Å². The highest BCUT2D eigenvalue weighted by Gasteiger charge is 2.20. The minimum absolute atomic E-state index is 0.140. The monoisotopic (exact) mass is 436 g/mol. The number of rotatable bonds is 7. The fourth-order valence-electron chi connectivity index (χ4n) is 3.11. The first-order valence-corrected chi connectivity index (χ1v) is 10.6. The summed E-state index contributed by atoms with van der Waals surface area (Å²) < 4.78 is 5.22. The standard InChI is InChI=1S/C24H24N2O4S/c1-16-8-7-9-17(2)22(16)25-20(27)14-26(3)21(28)15-30-24(29)23-19(12-13-31-23)18-10-5-4-6-11-18/h4-13H,14-15H2,1-3H3,(H,25,27). The number of likely N-dealkylation sites (N-methyl/N-ethyl adjacent to an activating group) is 1. The SMILES string of the molecule is Cc1cccc(C)c1NC(=O)CN(C)C(=O)COC(=O)c1sccc1-c1ccccc1. The summed E-state index contributed by atoms with van der Waals surface area (Å²) in [5.74, 6) is -1.33. The third-order valence-corrected chi connectivity index (χ3v) is 5.71. The number of hydrogen-bond donors (Lipinski definition) is 1. The van der Waals surface area contributed by atoms with Crippen LogP contribution in [0.3, 0.4) is 0 Å². The molecule has 0 atom stereocenters. The Labute approximate surface area is 185 Å². The average molecular weight is 437 g/mol. The maximum Gasteiger partial charge on any atom is 0.349 e. The lowest BCUT2D eigenvalue weighted by Gasteiger charge is -2.18. The van der Waals surface area contributed by atoms with Gasteiger partial charge < -0.3 is 15.0 Å². The van der Waals surface area contributed by atoms with Gasteiger partial charge in [0, 0.05) is 18.3 Å². The van der Waals surface area contributed by atoms with Gasteiger partial charge in [0.1, 0.15) is 4.88 Å². The first-order valence-electron chi connectivity index (χ1n) is 9.77. The lowest BCUT2D eigenvalue weighted by Crippen LogP contribution is -2.37. The van der Waals surface area contributed by atoms with Gasteiger partial charge in [-0.05, 0) is 42.0 Å². The van der Waals surface area contributed by atoms with E-state index in [0.717, 1.165) is 27.9 Å². The summed E-state index contributed by atoms with van der Waals surface area (Å²) in [4.78, 5) is 38.9. The van der Waals surface area contributed by atoms with Crippen molar-refractivity contribution >= 4 is 34.8 Å². The Hall–Kier alpha value is -3.45. The fourth-order valence-corrected chi connectivity index (χ4v) is 3.92. The Kier molecular flexibility index (Phi) is 7.20. The summed E-state index contributed by atoms with van der Waals surface area (Å²) >= 11 is 1.26. The van der Waals surface area contributed by atoms with E-state index in [0.29, 0.717) is 4.88 Å². The van der Waals surface area contributed by atoms with Crippen LogP contribution in [0.25, 0.3) is 11.1 Å². The normalized spacial score (nSPS) is 10.4. The van der Waals surface area contributed by atoms with Crippen molar-refractivity contribution in [1.29, 1.82) is 0 Å². The number of hydrogen-bond acceptors (Lipinski definition) is 5. The molecule has 0 spiro atoms. The van der Waals surface area contributed by atoms with Crippen LogP contribution in [0.15, 0.2) is 60.0 Å². The van der Waals surface area contributed by atoms with E-state index in [9.17, 15) is 14.4 Å². The largest absolute Gasteiger partial charge is 0.451 e. The zero-order valence-electron chi connectivity index (χ0n) is 17.7. The first kappa shape index (κ1) is 22.2. The maximum atomic E-state index is 12.5. The molecule has 0 radical (unpaired) electrons. The number of benzene rings is 2. The van der Waals surface area contributed by atoms with E-state index in [1.54, 1.807) is 0 Å². The van der Waals surface area contributed by atoms with Gasteiger partial charge >= 0.3 is 5.97 Å².